The molecule has 0 spiro atoms. The molecule has 0 saturated heterocycles. The first kappa shape index (κ1) is 11.7. The summed E-state index contributed by atoms with van der Waals surface area (Å²) in [5, 5.41) is 0.00977. The largest absolute Gasteiger partial charge is 0.463 e. The Morgan fingerprint density at radius 1 is 1.73 bits per heavy atom. The van der Waals surface area contributed by atoms with Gasteiger partial charge in [-0.2, -0.15) is 0 Å². The predicted octanol–water partition coefficient (Wildman–Crippen LogP) is 2.45. The summed E-state index contributed by atoms with van der Waals surface area (Å²) in [5.74, 6) is -1.08. The van der Waals surface area contributed by atoms with Crippen molar-refractivity contribution in [3.63, 3.8) is 0 Å². The SMILES string of the molecule is CCOC(=O)/C=C/c1c(F)ccnc1Cl. The van der Waals surface area contributed by atoms with Crippen molar-refractivity contribution >= 4 is 23.6 Å². The molecule has 0 radical (unpaired) electrons. The van der Waals surface area contributed by atoms with Crippen molar-refractivity contribution in [2.24, 2.45) is 0 Å². The molecule has 15 heavy (non-hydrogen) atoms. The van der Waals surface area contributed by atoms with Crippen LogP contribution in [0.15, 0.2) is 18.3 Å². The van der Waals surface area contributed by atoms with Gasteiger partial charge >= 0.3 is 5.97 Å². The van der Waals surface area contributed by atoms with Gasteiger partial charge in [0.1, 0.15) is 11.0 Å². The van der Waals surface area contributed by atoms with Gasteiger partial charge in [0.05, 0.1) is 6.61 Å². The maximum absolute atomic E-state index is 13.2. The second-order valence-electron chi connectivity index (χ2n) is 2.58. The summed E-state index contributed by atoms with van der Waals surface area (Å²) >= 11 is 5.64. The van der Waals surface area contributed by atoms with Crippen LogP contribution < -0.4 is 0 Å². The quantitative estimate of drug-likeness (QED) is 0.454. The molecule has 0 amide bonds. The summed E-state index contributed by atoms with van der Waals surface area (Å²) in [6.45, 7) is 1.95. The number of nitrogens with zero attached hydrogens (tertiary/aromatic N) is 1. The summed E-state index contributed by atoms with van der Waals surface area (Å²) in [4.78, 5) is 14.6. The highest BCUT2D eigenvalue weighted by Crippen LogP contribution is 2.17. The highest BCUT2D eigenvalue weighted by atomic mass is 35.5. The van der Waals surface area contributed by atoms with E-state index in [4.69, 9.17) is 11.6 Å². The maximum atomic E-state index is 13.2. The molecule has 0 saturated carbocycles. The van der Waals surface area contributed by atoms with Gasteiger partial charge < -0.3 is 4.74 Å². The van der Waals surface area contributed by atoms with Crippen molar-refractivity contribution < 1.29 is 13.9 Å². The van der Waals surface area contributed by atoms with E-state index in [1.165, 1.54) is 12.3 Å². The van der Waals surface area contributed by atoms with Gasteiger partial charge in [0, 0.05) is 17.8 Å². The number of pyridine rings is 1. The van der Waals surface area contributed by atoms with Crippen molar-refractivity contribution in [3.8, 4) is 0 Å². The van der Waals surface area contributed by atoms with Gasteiger partial charge in [-0.3, -0.25) is 0 Å². The average molecular weight is 230 g/mol. The lowest BCUT2D eigenvalue weighted by atomic mass is 10.2. The molecule has 1 heterocycles. The van der Waals surface area contributed by atoms with Crippen molar-refractivity contribution in [3.05, 3.63) is 34.9 Å². The molecule has 3 nitrogen and oxygen atoms in total. The first-order chi connectivity index (χ1) is 7.15. The molecular weight excluding hydrogens is 221 g/mol. The zero-order valence-corrected chi connectivity index (χ0v) is 8.79. The molecule has 0 bridgehead atoms. The molecule has 0 aliphatic rings. The van der Waals surface area contributed by atoms with Crippen molar-refractivity contribution in [1.29, 1.82) is 0 Å². The van der Waals surface area contributed by atoms with Crippen molar-refractivity contribution in [2.45, 2.75) is 6.92 Å². The van der Waals surface area contributed by atoms with Gasteiger partial charge in [0.15, 0.2) is 0 Å². The lowest BCUT2D eigenvalue weighted by Crippen LogP contribution is -1.99. The van der Waals surface area contributed by atoms with Gasteiger partial charge in [-0.1, -0.05) is 11.6 Å². The van der Waals surface area contributed by atoms with Gasteiger partial charge in [-0.15, -0.1) is 0 Å². The molecule has 0 atom stereocenters. The lowest BCUT2D eigenvalue weighted by Gasteiger charge is -1.98. The first-order valence-electron chi connectivity index (χ1n) is 4.30. The number of hydrogen-bond acceptors (Lipinski definition) is 3. The molecule has 0 fully saturated rings. The fraction of sp³-hybridized carbons (Fsp3) is 0.200. The summed E-state index contributed by atoms with van der Waals surface area (Å²) in [6, 6.07) is 1.16. The predicted molar refractivity (Wildman–Crippen MR) is 54.9 cm³/mol. The number of halogens is 2. The number of rotatable bonds is 3. The van der Waals surface area contributed by atoms with Crippen LogP contribution in [0.25, 0.3) is 6.08 Å². The van der Waals surface area contributed by atoms with Crippen molar-refractivity contribution in [2.75, 3.05) is 6.61 Å². The van der Waals surface area contributed by atoms with E-state index < -0.39 is 11.8 Å². The van der Waals surface area contributed by atoms with Crippen LogP contribution in [0.3, 0.4) is 0 Å². The summed E-state index contributed by atoms with van der Waals surface area (Å²) < 4.78 is 17.8. The third-order valence-electron chi connectivity index (χ3n) is 1.56. The lowest BCUT2D eigenvalue weighted by molar-refractivity contribution is -0.137. The smallest absolute Gasteiger partial charge is 0.330 e. The molecule has 0 aliphatic heterocycles. The second kappa shape index (κ2) is 5.46. The number of aromatic nitrogens is 1. The van der Waals surface area contributed by atoms with E-state index in [1.54, 1.807) is 6.92 Å². The Labute approximate surface area is 91.5 Å². The van der Waals surface area contributed by atoms with E-state index in [0.29, 0.717) is 0 Å². The van der Waals surface area contributed by atoms with Crippen LogP contribution in [0.2, 0.25) is 5.15 Å². The molecule has 0 aromatic carbocycles. The fourth-order valence-corrected chi connectivity index (χ4v) is 1.13. The van der Waals surface area contributed by atoms with E-state index in [1.807, 2.05) is 0 Å². The van der Waals surface area contributed by atoms with E-state index in [9.17, 15) is 9.18 Å². The molecule has 5 heteroatoms. The average Bonchev–Trinajstić information content (AvgIpc) is 2.17. The number of carbonyl (C=O) groups excluding carboxylic acids is 1. The van der Waals surface area contributed by atoms with Gasteiger partial charge in [0.25, 0.3) is 0 Å². The highest BCUT2D eigenvalue weighted by molar-refractivity contribution is 6.30. The number of esters is 1. The zero-order chi connectivity index (χ0) is 11.3. The van der Waals surface area contributed by atoms with Crippen LogP contribution in [-0.2, 0) is 9.53 Å². The van der Waals surface area contributed by atoms with Gasteiger partial charge in [0.2, 0.25) is 0 Å². The number of carbonyl (C=O) groups is 1. The molecule has 0 N–H and O–H groups in total. The van der Waals surface area contributed by atoms with Gasteiger partial charge in [-0.05, 0) is 19.1 Å². The summed E-state index contributed by atoms with van der Waals surface area (Å²) in [5.41, 5.74) is 0.0761. The Morgan fingerprint density at radius 2 is 2.47 bits per heavy atom. The molecule has 0 aliphatic carbocycles. The number of ether oxygens (including phenoxy) is 1. The molecule has 80 valence electrons. The third kappa shape index (κ3) is 3.32. The minimum absolute atomic E-state index is 0.00977. The Kier molecular flexibility index (Phi) is 4.24. The van der Waals surface area contributed by atoms with Crippen LogP contribution >= 0.6 is 11.6 Å². The number of hydrogen-bond donors (Lipinski definition) is 0. The Morgan fingerprint density at radius 3 is 3.07 bits per heavy atom. The third-order valence-corrected chi connectivity index (χ3v) is 1.86. The first-order valence-corrected chi connectivity index (χ1v) is 4.67. The van der Waals surface area contributed by atoms with Crippen LogP contribution in [-0.4, -0.2) is 17.6 Å². The van der Waals surface area contributed by atoms with E-state index >= 15 is 0 Å². The standard InChI is InChI=1S/C10H9ClFNO2/c1-2-15-9(14)4-3-7-8(12)5-6-13-10(7)11/h3-6H,2H2,1H3/b4-3+. The normalized spacial score (nSPS) is 10.6. The van der Waals surface area contributed by atoms with E-state index in [2.05, 4.69) is 9.72 Å². The Balaban J connectivity index is 2.84. The second-order valence-corrected chi connectivity index (χ2v) is 2.94. The molecule has 1 aromatic heterocycles. The minimum atomic E-state index is -0.545. The highest BCUT2D eigenvalue weighted by Gasteiger charge is 2.05. The Hall–Kier alpha value is -1.42. The van der Waals surface area contributed by atoms with Crippen LogP contribution in [0.5, 0.6) is 0 Å². The summed E-state index contributed by atoms with van der Waals surface area (Å²) in [6.07, 6.45) is 3.59. The topological polar surface area (TPSA) is 39.2 Å². The maximum Gasteiger partial charge on any atom is 0.330 e. The Bertz CT molecular complexity index is 373. The summed E-state index contributed by atoms with van der Waals surface area (Å²) in [7, 11) is 0. The molecular formula is C10H9ClFNO2. The van der Waals surface area contributed by atoms with E-state index in [-0.39, 0.29) is 17.3 Å². The molecule has 0 unspecified atom stereocenters. The van der Waals surface area contributed by atoms with Crippen LogP contribution in [0, 0.1) is 5.82 Å². The molecule has 1 rings (SSSR count). The monoisotopic (exact) mass is 229 g/mol. The van der Waals surface area contributed by atoms with Crippen LogP contribution in [0.4, 0.5) is 4.39 Å². The fourth-order valence-electron chi connectivity index (χ4n) is 0.916. The molecule has 1 aromatic rings. The van der Waals surface area contributed by atoms with Crippen molar-refractivity contribution in [1.82, 2.24) is 4.98 Å². The minimum Gasteiger partial charge on any atom is -0.463 e. The van der Waals surface area contributed by atoms with Crippen LogP contribution in [0.1, 0.15) is 12.5 Å². The zero-order valence-electron chi connectivity index (χ0n) is 8.04. The van der Waals surface area contributed by atoms with Gasteiger partial charge in [-0.25, -0.2) is 14.2 Å². The van der Waals surface area contributed by atoms with E-state index in [0.717, 1.165) is 12.1 Å².